The summed E-state index contributed by atoms with van der Waals surface area (Å²) in [5, 5.41) is 3.72. The van der Waals surface area contributed by atoms with Crippen LogP contribution in [0.5, 0.6) is 0 Å². The molecule has 0 aliphatic rings. The Morgan fingerprint density at radius 1 is 1.08 bits per heavy atom. The molecule has 140 valence electrons. The Hall–Kier alpha value is -2.04. The summed E-state index contributed by atoms with van der Waals surface area (Å²) in [4.78, 5) is 16.2. The number of hydrogen-bond acceptors (Lipinski definition) is 2. The molecule has 2 aromatic carbocycles. The lowest BCUT2D eigenvalue weighted by atomic mass is 10.0. The van der Waals surface area contributed by atoms with Crippen molar-refractivity contribution in [3.63, 3.8) is 0 Å². The van der Waals surface area contributed by atoms with E-state index in [-0.39, 0.29) is 12.1 Å². The average molecular weight is 374 g/mol. The molecule has 5 heteroatoms. The van der Waals surface area contributed by atoms with E-state index < -0.39 is 0 Å². The van der Waals surface area contributed by atoms with E-state index in [1.807, 2.05) is 38.4 Å². The SMILES string of the molecule is CCc1ccc(C(CNC(=O)N(C)Cc2cccc(Cl)c2)N(C)C)cc1. The monoisotopic (exact) mass is 373 g/mol. The number of rotatable bonds is 7. The lowest BCUT2D eigenvalue weighted by molar-refractivity contribution is 0.200. The van der Waals surface area contributed by atoms with E-state index >= 15 is 0 Å². The predicted molar refractivity (Wildman–Crippen MR) is 109 cm³/mol. The van der Waals surface area contributed by atoms with Crippen molar-refractivity contribution in [2.75, 3.05) is 27.7 Å². The van der Waals surface area contributed by atoms with Gasteiger partial charge in [-0.2, -0.15) is 0 Å². The van der Waals surface area contributed by atoms with Gasteiger partial charge in [0.15, 0.2) is 0 Å². The van der Waals surface area contributed by atoms with E-state index in [1.54, 1.807) is 11.9 Å². The highest BCUT2D eigenvalue weighted by atomic mass is 35.5. The van der Waals surface area contributed by atoms with Crippen LogP contribution in [-0.2, 0) is 13.0 Å². The number of urea groups is 1. The van der Waals surface area contributed by atoms with E-state index in [9.17, 15) is 4.79 Å². The third-order valence-corrected chi connectivity index (χ3v) is 4.73. The Kier molecular flexibility index (Phi) is 7.49. The van der Waals surface area contributed by atoms with E-state index in [0.717, 1.165) is 12.0 Å². The lowest BCUT2D eigenvalue weighted by Gasteiger charge is -2.27. The number of hydrogen-bond donors (Lipinski definition) is 1. The zero-order chi connectivity index (χ0) is 19.1. The highest BCUT2D eigenvalue weighted by molar-refractivity contribution is 6.30. The van der Waals surface area contributed by atoms with Gasteiger partial charge in [-0.15, -0.1) is 0 Å². The number of carbonyl (C=O) groups excluding carboxylic acids is 1. The first-order valence-electron chi connectivity index (χ1n) is 8.89. The first kappa shape index (κ1) is 20.3. The first-order valence-corrected chi connectivity index (χ1v) is 9.27. The minimum absolute atomic E-state index is 0.0954. The number of carbonyl (C=O) groups is 1. The van der Waals surface area contributed by atoms with Gasteiger partial charge in [0, 0.05) is 25.2 Å². The van der Waals surface area contributed by atoms with Crippen LogP contribution >= 0.6 is 11.6 Å². The zero-order valence-electron chi connectivity index (χ0n) is 16.0. The van der Waals surface area contributed by atoms with Gasteiger partial charge >= 0.3 is 6.03 Å². The molecule has 0 radical (unpaired) electrons. The van der Waals surface area contributed by atoms with Gasteiger partial charge in [-0.3, -0.25) is 0 Å². The summed E-state index contributed by atoms with van der Waals surface area (Å²) in [6.45, 7) is 3.22. The number of benzene rings is 2. The quantitative estimate of drug-likeness (QED) is 0.783. The minimum atomic E-state index is -0.0954. The molecular formula is C21H28ClN3O. The Morgan fingerprint density at radius 2 is 1.77 bits per heavy atom. The van der Waals surface area contributed by atoms with Crippen molar-refractivity contribution < 1.29 is 4.79 Å². The second-order valence-corrected chi connectivity index (χ2v) is 7.18. The minimum Gasteiger partial charge on any atom is -0.336 e. The van der Waals surface area contributed by atoms with Crippen molar-refractivity contribution in [1.82, 2.24) is 15.1 Å². The third-order valence-electron chi connectivity index (χ3n) is 4.50. The molecule has 0 fully saturated rings. The third kappa shape index (κ3) is 5.75. The second kappa shape index (κ2) is 9.60. The molecular weight excluding hydrogens is 346 g/mol. The van der Waals surface area contributed by atoms with Crippen molar-refractivity contribution in [2.24, 2.45) is 0 Å². The number of aryl methyl sites for hydroxylation is 1. The molecule has 0 heterocycles. The van der Waals surface area contributed by atoms with Crippen LogP contribution in [0.1, 0.15) is 29.7 Å². The molecule has 26 heavy (non-hydrogen) atoms. The second-order valence-electron chi connectivity index (χ2n) is 6.75. The van der Waals surface area contributed by atoms with Gasteiger partial charge in [-0.05, 0) is 49.3 Å². The van der Waals surface area contributed by atoms with E-state index in [0.29, 0.717) is 18.1 Å². The molecule has 2 amide bonds. The fourth-order valence-corrected chi connectivity index (χ4v) is 3.09. The summed E-state index contributed by atoms with van der Waals surface area (Å²) in [6, 6.07) is 16.2. The van der Waals surface area contributed by atoms with Gasteiger partial charge in [0.1, 0.15) is 0 Å². The number of halogens is 1. The maximum atomic E-state index is 12.5. The number of amides is 2. The molecule has 0 spiro atoms. The highest BCUT2D eigenvalue weighted by Crippen LogP contribution is 2.18. The molecule has 4 nitrogen and oxygen atoms in total. The molecule has 0 aliphatic carbocycles. The van der Waals surface area contributed by atoms with Gasteiger partial charge in [0.2, 0.25) is 0 Å². The largest absolute Gasteiger partial charge is 0.336 e. The van der Waals surface area contributed by atoms with Crippen molar-refractivity contribution in [3.05, 3.63) is 70.2 Å². The summed E-state index contributed by atoms with van der Waals surface area (Å²) < 4.78 is 0. The van der Waals surface area contributed by atoms with Crippen LogP contribution in [0.15, 0.2) is 48.5 Å². The normalized spacial score (nSPS) is 12.1. The molecule has 2 aromatic rings. The van der Waals surface area contributed by atoms with Crippen molar-refractivity contribution in [1.29, 1.82) is 0 Å². The van der Waals surface area contributed by atoms with Crippen LogP contribution in [0, 0.1) is 0 Å². The smallest absolute Gasteiger partial charge is 0.317 e. The Balaban J connectivity index is 1.95. The van der Waals surface area contributed by atoms with E-state index in [4.69, 9.17) is 11.6 Å². The van der Waals surface area contributed by atoms with Gasteiger partial charge in [0.05, 0.1) is 6.04 Å². The average Bonchev–Trinajstić information content (AvgIpc) is 2.62. The topological polar surface area (TPSA) is 35.6 Å². The van der Waals surface area contributed by atoms with Crippen molar-refractivity contribution in [3.8, 4) is 0 Å². The van der Waals surface area contributed by atoms with Crippen molar-refractivity contribution in [2.45, 2.75) is 25.9 Å². The molecule has 0 aromatic heterocycles. The molecule has 2 rings (SSSR count). The van der Waals surface area contributed by atoms with Crippen molar-refractivity contribution >= 4 is 17.6 Å². The van der Waals surface area contributed by atoms with Crippen LogP contribution in [0.25, 0.3) is 0 Å². The molecule has 0 saturated heterocycles. The van der Waals surface area contributed by atoms with E-state index in [2.05, 4.69) is 41.4 Å². The Labute approximate surface area is 161 Å². The van der Waals surface area contributed by atoms with Crippen LogP contribution in [-0.4, -0.2) is 43.5 Å². The molecule has 1 atom stereocenters. The van der Waals surface area contributed by atoms with Crippen LogP contribution in [0.2, 0.25) is 5.02 Å². The van der Waals surface area contributed by atoms with Gasteiger partial charge in [-0.1, -0.05) is 54.9 Å². The summed E-state index contributed by atoms with van der Waals surface area (Å²) in [6.07, 6.45) is 1.03. The fraction of sp³-hybridized carbons (Fsp3) is 0.381. The number of likely N-dealkylation sites (N-methyl/N-ethyl adjacent to an activating group) is 1. The van der Waals surface area contributed by atoms with Gasteiger partial charge in [-0.25, -0.2) is 4.79 Å². The molecule has 0 aliphatic heterocycles. The summed E-state index contributed by atoms with van der Waals surface area (Å²) in [5.41, 5.74) is 3.52. The van der Waals surface area contributed by atoms with Gasteiger partial charge in [0.25, 0.3) is 0 Å². The summed E-state index contributed by atoms with van der Waals surface area (Å²) >= 11 is 6.01. The highest BCUT2D eigenvalue weighted by Gasteiger charge is 2.17. The standard InChI is InChI=1S/C21H28ClN3O/c1-5-16-9-11-18(12-10-16)20(24(2)3)14-23-21(26)25(4)15-17-7-6-8-19(22)13-17/h6-13,20H,5,14-15H2,1-4H3,(H,23,26). The number of nitrogens with zero attached hydrogens (tertiary/aromatic N) is 2. The lowest BCUT2D eigenvalue weighted by Crippen LogP contribution is -2.41. The Morgan fingerprint density at radius 3 is 2.35 bits per heavy atom. The van der Waals surface area contributed by atoms with Gasteiger partial charge < -0.3 is 15.1 Å². The first-order chi connectivity index (χ1) is 12.4. The van der Waals surface area contributed by atoms with Crippen LogP contribution in [0.3, 0.4) is 0 Å². The molecule has 1 unspecified atom stereocenters. The number of nitrogens with one attached hydrogen (secondary N) is 1. The zero-order valence-corrected chi connectivity index (χ0v) is 16.8. The molecule has 0 saturated carbocycles. The summed E-state index contributed by atoms with van der Waals surface area (Å²) in [5.74, 6) is 0. The van der Waals surface area contributed by atoms with Crippen LogP contribution < -0.4 is 5.32 Å². The molecule has 1 N–H and O–H groups in total. The van der Waals surface area contributed by atoms with Crippen LogP contribution in [0.4, 0.5) is 4.79 Å². The Bertz CT molecular complexity index is 715. The fourth-order valence-electron chi connectivity index (χ4n) is 2.87. The summed E-state index contributed by atoms with van der Waals surface area (Å²) in [7, 11) is 5.84. The van der Waals surface area contributed by atoms with E-state index in [1.165, 1.54) is 11.1 Å². The molecule has 0 bridgehead atoms. The maximum Gasteiger partial charge on any atom is 0.317 e. The predicted octanol–water partition coefficient (Wildman–Crippen LogP) is 4.35. The maximum absolute atomic E-state index is 12.5.